The Morgan fingerprint density at radius 1 is 1.12 bits per heavy atom. The molecular formula is C28H32N4O2. The van der Waals surface area contributed by atoms with Gasteiger partial charge in [0.2, 0.25) is 0 Å². The summed E-state index contributed by atoms with van der Waals surface area (Å²) in [5.74, 6) is 1.74. The molecule has 2 aliphatic rings. The van der Waals surface area contributed by atoms with Crippen molar-refractivity contribution in [2.45, 2.75) is 52.2 Å². The molecule has 0 aliphatic carbocycles. The topological polar surface area (TPSA) is 51.9 Å². The van der Waals surface area contributed by atoms with Crippen LogP contribution in [-0.2, 0) is 4.84 Å². The lowest BCUT2D eigenvalue weighted by molar-refractivity contribution is -0.0869. The highest BCUT2D eigenvalue weighted by Crippen LogP contribution is 2.42. The number of aromatic nitrogens is 2. The average molecular weight is 457 g/mol. The first kappa shape index (κ1) is 22.3. The van der Waals surface area contributed by atoms with E-state index in [0.717, 1.165) is 47.9 Å². The summed E-state index contributed by atoms with van der Waals surface area (Å²) in [6.45, 7) is 9.31. The minimum atomic E-state index is -0.422. The van der Waals surface area contributed by atoms with Crippen molar-refractivity contribution in [1.82, 2.24) is 14.5 Å². The number of hydrogen-bond acceptors (Lipinski definition) is 5. The SMILES string of the molecule is COc1cc(/C=C2\CCCN3C2=NOC(C)(C)C3c2ccc(C)cc2)ccc1-n1cnc(C)c1. The zero-order chi connectivity index (χ0) is 23.9. The summed E-state index contributed by atoms with van der Waals surface area (Å²) in [7, 11) is 1.70. The van der Waals surface area contributed by atoms with E-state index in [4.69, 9.17) is 9.57 Å². The fourth-order valence-electron chi connectivity index (χ4n) is 5.01. The van der Waals surface area contributed by atoms with Gasteiger partial charge < -0.3 is 19.0 Å². The van der Waals surface area contributed by atoms with E-state index in [1.807, 2.05) is 24.0 Å². The second-order valence-corrected chi connectivity index (χ2v) is 9.74. The van der Waals surface area contributed by atoms with Crippen molar-refractivity contribution in [1.29, 1.82) is 0 Å². The summed E-state index contributed by atoms with van der Waals surface area (Å²) >= 11 is 0. The van der Waals surface area contributed by atoms with Gasteiger partial charge >= 0.3 is 0 Å². The van der Waals surface area contributed by atoms with E-state index in [1.54, 1.807) is 7.11 Å². The summed E-state index contributed by atoms with van der Waals surface area (Å²) in [4.78, 5) is 12.9. The van der Waals surface area contributed by atoms with Crippen LogP contribution in [-0.4, -0.2) is 39.5 Å². The number of amidine groups is 1. The standard InChI is InChI=1S/C28H32N4O2/c1-19-8-11-22(12-9-19)26-28(3,4)34-30-27-23(7-6-14-32(26)27)15-21-10-13-24(25(16-21)33-5)31-17-20(2)29-18-31/h8-13,15-18,26H,6-7,14H2,1-5H3/b23-15+. The molecule has 0 N–H and O–H groups in total. The van der Waals surface area contributed by atoms with Crippen molar-refractivity contribution in [3.05, 3.63) is 82.9 Å². The summed E-state index contributed by atoms with van der Waals surface area (Å²) in [5.41, 5.74) is 6.29. The number of oxime groups is 1. The lowest BCUT2D eigenvalue weighted by Crippen LogP contribution is -2.52. The fourth-order valence-corrected chi connectivity index (χ4v) is 5.01. The number of piperidine rings is 1. The van der Waals surface area contributed by atoms with Crippen molar-refractivity contribution in [2.24, 2.45) is 5.16 Å². The molecule has 176 valence electrons. The predicted octanol–water partition coefficient (Wildman–Crippen LogP) is 5.84. The summed E-state index contributed by atoms with van der Waals surface area (Å²) in [6.07, 6.45) is 8.06. The van der Waals surface area contributed by atoms with Gasteiger partial charge in [-0.25, -0.2) is 4.98 Å². The fraction of sp³-hybridized carbons (Fsp3) is 0.357. The molecule has 1 saturated heterocycles. The van der Waals surface area contributed by atoms with Crippen LogP contribution < -0.4 is 4.74 Å². The van der Waals surface area contributed by atoms with Crippen LogP contribution in [0.5, 0.6) is 5.75 Å². The van der Waals surface area contributed by atoms with Crippen LogP contribution in [0.25, 0.3) is 11.8 Å². The van der Waals surface area contributed by atoms with Crippen molar-refractivity contribution >= 4 is 11.9 Å². The number of imidazole rings is 1. The summed E-state index contributed by atoms with van der Waals surface area (Å²) < 4.78 is 7.70. The molecule has 1 aromatic heterocycles. The van der Waals surface area contributed by atoms with E-state index < -0.39 is 5.60 Å². The Hall–Kier alpha value is -3.54. The third-order valence-electron chi connectivity index (χ3n) is 6.67. The Balaban J connectivity index is 1.50. The zero-order valence-corrected chi connectivity index (χ0v) is 20.6. The Morgan fingerprint density at radius 2 is 1.91 bits per heavy atom. The Kier molecular flexibility index (Phi) is 5.68. The van der Waals surface area contributed by atoms with Gasteiger partial charge in [0.15, 0.2) is 11.4 Å². The predicted molar refractivity (Wildman–Crippen MR) is 135 cm³/mol. The van der Waals surface area contributed by atoms with Gasteiger partial charge in [-0.15, -0.1) is 0 Å². The first-order valence-electron chi connectivity index (χ1n) is 11.8. The minimum Gasteiger partial charge on any atom is -0.495 e. The van der Waals surface area contributed by atoms with Crippen LogP contribution in [0.4, 0.5) is 0 Å². The number of fused-ring (bicyclic) bond motifs is 1. The second-order valence-electron chi connectivity index (χ2n) is 9.74. The van der Waals surface area contributed by atoms with Crippen molar-refractivity contribution in [3.63, 3.8) is 0 Å². The van der Waals surface area contributed by atoms with E-state index in [1.165, 1.54) is 16.7 Å². The normalized spacial score (nSPS) is 20.5. The molecule has 0 radical (unpaired) electrons. The Bertz CT molecular complexity index is 1250. The number of ether oxygens (including phenoxy) is 1. The molecule has 1 unspecified atom stereocenters. The number of benzene rings is 2. The van der Waals surface area contributed by atoms with E-state index in [2.05, 4.69) is 84.4 Å². The van der Waals surface area contributed by atoms with Gasteiger partial charge in [0.1, 0.15) is 5.75 Å². The van der Waals surface area contributed by atoms with Gasteiger partial charge in [0, 0.05) is 12.7 Å². The van der Waals surface area contributed by atoms with Crippen molar-refractivity contribution < 1.29 is 9.57 Å². The van der Waals surface area contributed by atoms with E-state index in [0.29, 0.717) is 0 Å². The lowest BCUT2D eigenvalue weighted by Gasteiger charge is -2.47. The van der Waals surface area contributed by atoms with E-state index in [-0.39, 0.29) is 6.04 Å². The molecule has 6 nitrogen and oxygen atoms in total. The lowest BCUT2D eigenvalue weighted by atomic mass is 9.86. The maximum atomic E-state index is 6.09. The van der Waals surface area contributed by atoms with E-state index in [9.17, 15) is 0 Å². The van der Waals surface area contributed by atoms with E-state index >= 15 is 0 Å². The number of hydrogen-bond donors (Lipinski definition) is 0. The largest absolute Gasteiger partial charge is 0.495 e. The highest BCUT2D eigenvalue weighted by molar-refractivity contribution is 6.03. The van der Waals surface area contributed by atoms with Gasteiger partial charge in [0.25, 0.3) is 0 Å². The highest BCUT2D eigenvalue weighted by Gasteiger charge is 2.44. The molecule has 0 spiro atoms. The summed E-state index contributed by atoms with van der Waals surface area (Å²) in [5, 5.41) is 4.62. The number of rotatable bonds is 4. The molecule has 34 heavy (non-hydrogen) atoms. The molecule has 3 heterocycles. The van der Waals surface area contributed by atoms with Crippen molar-refractivity contribution in [2.75, 3.05) is 13.7 Å². The molecule has 0 saturated carbocycles. The minimum absolute atomic E-state index is 0.102. The Labute approximate surface area is 201 Å². The molecule has 3 aromatic rings. The van der Waals surface area contributed by atoms with Crippen LogP contribution >= 0.6 is 0 Å². The van der Waals surface area contributed by atoms with Crippen molar-refractivity contribution in [3.8, 4) is 11.4 Å². The van der Waals surface area contributed by atoms with Crippen LogP contribution in [0.15, 0.2) is 65.7 Å². The van der Waals surface area contributed by atoms with Crippen LogP contribution in [0.2, 0.25) is 0 Å². The molecule has 1 atom stereocenters. The first-order chi connectivity index (χ1) is 16.4. The molecule has 0 bridgehead atoms. The van der Waals surface area contributed by atoms with Gasteiger partial charge in [-0.1, -0.05) is 41.1 Å². The summed E-state index contributed by atoms with van der Waals surface area (Å²) in [6, 6.07) is 15.1. The quantitative estimate of drug-likeness (QED) is 0.495. The highest BCUT2D eigenvalue weighted by atomic mass is 16.7. The average Bonchev–Trinajstić information content (AvgIpc) is 3.25. The Morgan fingerprint density at radius 3 is 2.62 bits per heavy atom. The van der Waals surface area contributed by atoms with Gasteiger partial charge in [0.05, 0.1) is 30.9 Å². The molecule has 6 heteroatoms. The van der Waals surface area contributed by atoms with Gasteiger partial charge in [-0.05, 0) is 75.4 Å². The number of aryl methyl sites for hydroxylation is 2. The smallest absolute Gasteiger partial charge is 0.172 e. The van der Waals surface area contributed by atoms with Crippen LogP contribution in [0.3, 0.4) is 0 Å². The third kappa shape index (κ3) is 4.09. The monoisotopic (exact) mass is 456 g/mol. The van der Waals surface area contributed by atoms with Crippen LogP contribution in [0.1, 0.15) is 55.1 Å². The molecule has 2 aromatic carbocycles. The zero-order valence-electron chi connectivity index (χ0n) is 20.6. The number of methoxy groups -OCH3 is 1. The first-order valence-corrected chi connectivity index (χ1v) is 11.8. The molecule has 5 rings (SSSR count). The van der Waals surface area contributed by atoms with Gasteiger partial charge in [-0.3, -0.25) is 0 Å². The van der Waals surface area contributed by atoms with Crippen LogP contribution in [0, 0.1) is 13.8 Å². The molecular weight excluding hydrogens is 424 g/mol. The molecule has 2 aliphatic heterocycles. The third-order valence-corrected chi connectivity index (χ3v) is 6.67. The molecule has 1 fully saturated rings. The second kappa shape index (κ2) is 8.67. The molecule has 0 amide bonds. The van der Waals surface area contributed by atoms with Gasteiger partial charge in [-0.2, -0.15) is 0 Å². The maximum Gasteiger partial charge on any atom is 0.172 e. The maximum absolute atomic E-state index is 6.09. The number of nitrogens with zero attached hydrogens (tertiary/aromatic N) is 4.